The third-order valence-corrected chi connectivity index (χ3v) is 8.97. The molecular weight excluding hydrogens is 684 g/mol. The van der Waals surface area contributed by atoms with Gasteiger partial charge in [0, 0.05) is 13.8 Å². The van der Waals surface area contributed by atoms with Crippen LogP contribution >= 0.6 is 0 Å². The lowest BCUT2D eigenvalue weighted by molar-refractivity contribution is -0.396. The lowest BCUT2D eigenvalue weighted by atomic mass is 9.94. The van der Waals surface area contributed by atoms with E-state index in [-0.39, 0.29) is 0 Å². The highest BCUT2D eigenvalue weighted by Crippen LogP contribution is 2.36. The molecule has 0 aromatic heterocycles. The molecule has 4 heterocycles. The predicted octanol–water partition coefficient (Wildman–Crippen LogP) is -8.43. The summed E-state index contributed by atoms with van der Waals surface area (Å²) in [5.74, 6) is -1.42. The highest BCUT2D eigenvalue weighted by atomic mass is 16.8. The van der Waals surface area contributed by atoms with Gasteiger partial charge in [-0.3, -0.25) is 9.59 Å². The second-order valence-corrected chi connectivity index (χ2v) is 12.6. The molecule has 50 heavy (non-hydrogen) atoms. The van der Waals surface area contributed by atoms with Crippen molar-refractivity contribution < 1.29 is 98.9 Å². The molecule has 22 heteroatoms. The fraction of sp³-hybridized carbons (Fsp3) is 0.929. The lowest BCUT2D eigenvalue weighted by Crippen LogP contribution is -2.70. The second-order valence-electron chi connectivity index (χ2n) is 12.6. The fourth-order valence-corrected chi connectivity index (χ4v) is 6.26. The van der Waals surface area contributed by atoms with Crippen LogP contribution < -0.4 is 10.6 Å². The highest BCUT2D eigenvalue weighted by Gasteiger charge is 2.56. The molecule has 4 saturated heterocycles. The third-order valence-electron chi connectivity index (χ3n) is 8.97. The summed E-state index contributed by atoms with van der Waals surface area (Å²) in [7, 11) is 0. The van der Waals surface area contributed by atoms with Gasteiger partial charge in [0.05, 0.1) is 25.9 Å². The van der Waals surface area contributed by atoms with Gasteiger partial charge >= 0.3 is 0 Å². The Balaban J connectivity index is 1.77. The van der Waals surface area contributed by atoms with Gasteiger partial charge in [-0.15, -0.1) is 0 Å². The Morgan fingerprint density at radius 1 is 0.520 bits per heavy atom. The fourth-order valence-electron chi connectivity index (χ4n) is 6.26. The van der Waals surface area contributed by atoms with E-state index in [0.29, 0.717) is 0 Å². The molecule has 4 rings (SSSR count). The van der Waals surface area contributed by atoms with Crippen molar-refractivity contribution in [2.45, 2.75) is 143 Å². The number of ether oxygens (including phenoxy) is 7. The predicted molar refractivity (Wildman–Crippen MR) is 156 cm³/mol. The molecule has 4 fully saturated rings. The third kappa shape index (κ3) is 8.70. The molecule has 0 aliphatic carbocycles. The first-order valence-electron chi connectivity index (χ1n) is 15.9. The van der Waals surface area contributed by atoms with Gasteiger partial charge in [0.1, 0.15) is 91.4 Å². The summed E-state index contributed by atoms with van der Waals surface area (Å²) in [6, 6.07) is -3.09. The van der Waals surface area contributed by atoms with Gasteiger partial charge in [-0.2, -0.15) is 0 Å². The first-order chi connectivity index (χ1) is 23.5. The molecule has 13 N–H and O–H groups in total. The average molecular weight is 733 g/mol. The Kier molecular flexibility index (Phi) is 14.2. The summed E-state index contributed by atoms with van der Waals surface area (Å²) in [5.41, 5.74) is 0. The maximum Gasteiger partial charge on any atom is 0.217 e. The molecule has 0 bridgehead atoms. The van der Waals surface area contributed by atoms with Crippen LogP contribution in [0.25, 0.3) is 0 Å². The molecule has 2 amide bonds. The second kappa shape index (κ2) is 17.4. The van der Waals surface area contributed by atoms with Gasteiger partial charge in [0.2, 0.25) is 11.8 Å². The number of carbonyl (C=O) groups excluding carboxylic acids is 2. The smallest absolute Gasteiger partial charge is 0.217 e. The number of nitrogens with one attached hydrogen (secondary N) is 2. The van der Waals surface area contributed by atoms with Crippen molar-refractivity contribution in [3.63, 3.8) is 0 Å². The van der Waals surface area contributed by atoms with E-state index in [1.807, 2.05) is 0 Å². The van der Waals surface area contributed by atoms with Gasteiger partial charge in [0.15, 0.2) is 25.2 Å². The van der Waals surface area contributed by atoms with Crippen LogP contribution in [0.15, 0.2) is 0 Å². The number of rotatable bonds is 11. The van der Waals surface area contributed by atoms with Crippen LogP contribution in [0.2, 0.25) is 0 Å². The lowest BCUT2D eigenvalue weighted by Gasteiger charge is -2.51. The molecule has 4 aliphatic heterocycles. The van der Waals surface area contributed by atoms with Gasteiger partial charge < -0.3 is 100.0 Å². The van der Waals surface area contributed by atoms with Crippen LogP contribution in [0, 0.1) is 0 Å². The van der Waals surface area contributed by atoms with Crippen molar-refractivity contribution in [3.8, 4) is 0 Å². The number of aliphatic hydroxyl groups excluding tert-OH is 11. The monoisotopic (exact) mass is 732 g/mol. The first-order valence-corrected chi connectivity index (χ1v) is 15.9. The van der Waals surface area contributed by atoms with E-state index in [4.69, 9.17) is 33.2 Å². The number of aliphatic hydroxyl groups is 11. The van der Waals surface area contributed by atoms with Crippen LogP contribution in [-0.2, 0) is 42.7 Å². The van der Waals surface area contributed by atoms with E-state index in [1.165, 1.54) is 6.92 Å². The summed E-state index contributed by atoms with van der Waals surface area (Å²) >= 11 is 0. The average Bonchev–Trinajstić information content (AvgIpc) is 3.07. The van der Waals surface area contributed by atoms with Gasteiger partial charge in [-0.25, -0.2) is 0 Å². The SMILES string of the molecule is CC(=O)N[C@H]1[C@@H](O[C@H]2[C@@H](O)[C@@H](CO)O[C@@H](O[C@H]3[C@@H](O)[C@@H](CO)OC(O)[C@@H]3NC(C)=O)[C@@H]2O[C@H]2O[C@H](C)[C@H](O)[C@H](O)[C@H]2O)O[C@H](CO)[C@H](O)[C@@H]1O. The van der Waals surface area contributed by atoms with E-state index < -0.39 is 154 Å². The number of hydrogen-bond donors (Lipinski definition) is 13. The maximum atomic E-state index is 12.1. The molecule has 290 valence electrons. The molecule has 0 radical (unpaired) electrons. The maximum absolute atomic E-state index is 12.1. The van der Waals surface area contributed by atoms with Crippen LogP contribution in [0.1, 0.15) is 20.8 Å². The minimum Gasteiger partial charge on any atom is -0.394 e. The molecule has 0 aromatic rings. The van der Waals surface area contributed by atoms with E-state index in [9.17, 15) is 65.8 Å². The zero-order valence-corrected chi connectivity index (χ0v) is 27.3. The summed E-state index contributed by atoms with van der Waals surface area (Å²) in [6.45, 7) is 0.914. The molecule has 4 aliphatic rings. The summed E-state index contributed by atoms with van der Waals surface area (Å²) in [5, 5.41) is 120. The summed E-state index contributed by atoms with van der Waals surface area (Å²) in [6.07, 6.45) is -31.1. The normalized spacial score (nSPS) is 48.5. The molecule has 22 nitrogen and oxygen atoms in total. The number of hydrogen-bond acceptors (Lipinski definition) is 20. The summed E-state index contributed by atoms with van der Waals surface area (Å²) < 4.78 is 40.3. The van der Waals surface area contributed by atoms with Crippen molar-refractivity contribution in [3.05, 3.63) is 0 Å². The quantitative estimate of drug-likeness (QED) is 0.0938. The molecule has 0 saturated carbocycles. The van der Waals surface area contributed by atoms with Gasteiger partial charge in [-0.1, -0.05) is 0 Å². The van der Waals surface area contributed by atoms with Crippen molar-refractivity contribution >= 4 is 11.8 Å². The molecule has 0 aromatic carbocycles. The van der Waals surface area contributed by atoms with Crippen molar-refractivity contribution in [1.82, 2.24) is 10.6 Å². The number of amides is 2. The van der Waals surface area contributed by atoms with Crippen LogP contribution in [0.3, 0.4) is 0 Å². The van der Waals surface area contributed by atoms with Crippen LogP contribution in [0.4, 0.5) is 0 Å². The zero-order chi connectivity index (χ0) is 37.2. The zero-order valence-electron chi connectivity index (χ0n) is 27.3. The van der Waals surface area contributed by atoms with E-state index in [2.05, 4.69) is 10.6 Å². The standard InChI is InChI=1S/C28H48N2O20/c1-7-15(36)20(41)21(42)27(44-7)50-24-23(49-26-13(29-8(2)34)19(40)16(37)10(4-31)46-26)18(39)12(6-33)47-28(24)48-22-14(30-9(3)35)25(43)45-11(5-32)17(22)38/h7,10-28,31-33,36-43H,4-6H2,1-3H3,(H,29,34)(H,30,35)/t7-,10-,11-,12-,13-,14-,15+,16+,17+,18+,19-,20+,21-,22-,23+,24-,25?,26-,27-,28+/m1/s1. The van der Waals surface area contributed by atoms with E-state index in [0.717, 1.165) is 13.8 Å². The Morgan fingerprint density at radius 2 is 1.00 bits per heavy atom. The van der Waals surface area contributed by atoms with Crippen molar-refractivity contribution in [2.75, 3.05) is 19.8 Å². The van der Waals surface area contributed by atoms with Gasteiger partial charge in [-0.05, 0) is 6.92 Å². The minimum absolute atomic E-state index is 0.707. The molecule has 0 spiro atoms. The number of carbonyl (C=O) groups is 2. The van der Waals surface area contributed by atoms with E-state index >= 15 is 0 Å². The Hall–Kier alpha value is -1.78. The molecular formula is C28H48N2O20. The topological polar surface area (TPSA) is 345 Å². The molecule has 20 atom stereocenters. The van der Waals surface area contributed by atoms with Crippen molar-refractivity contribution in [2.24, 2.45) is 0 Å². The van der Waals surface area contributed by atoms with Gasteiger partial charge in [0.25, 0.3) is 0 Å². The minimum atomic E-state index is -1.95. The van der Waals surface area contributed by atoms with E-state index in [1.54, 1.807) is 0 Å². The largest absolute Gasteiger partial charge is 0.394 e. The highest BCUT2D eigenvalue weighted by molar-refractivity contribution is 5.73. The van der Waals surface area contributed by atoms with Crippen LogP contribution in [0.5, 0.6) is 0 Å². The summed E-state index contributed by atoms with van der Waals surface area (Å²) in [4.78, 5) is 24.1. The Morgan fingerprint density at radius 3 is 1.58 bits per heavy atom. The first kappa shape index (κ1) is 41.0. The molecule has 1 unspecified atom stereocenters. The Bertz CT molecular complexity index is 1130. The Labute approximate surface area is 285 Å². The van der Waals surface area contributed by atoms with Crippen molar-refractivity contribution in [1.29, 1.82) is 0 Å². The van der Waals surface area contributed by atoms with Crippen LogP contribution in [-0.4, -0.2) is 211 Å².